The number of amides is 1. The van der Waals surface area contributed by atoms with Crippen molar-refractivity contribution in [3.8, 4) is 0 Å². The molecule has 1 saturated heterocycles. The van der Waals surface area contributed by atoms with E-state index in [4.69, 9.17) is 0 Å². The molecule has 1 amide bonds. The molecule has 0 unspecified atom stereocenters. The van der Waals surface area contributed by atoms with E-state index in [0.29, 0.717) is 25.9 Å². The molecule has 1 atom stereocenters. The van der Waals surface area contributed by atoms with Crippen LogP contribution in [0.4, 0.5) is 14.6 Å². The summed E-state index contributed by atoms with van der Waals surface area (Å²) in [5.74, 6) is -1.31. The van der Waals surface area contributed by atoms with Gasteiger partial charge >= 0.3 is 0 Å². The molecule has 3 rings (SSSR count). The summed E-state index contributed by atoms with van der Waals surface area (Å²) in [4.78, 5) is 22.6. The lowest BCUT2D eigenvalue weighted by molar-refractivity contribution is -0.126. The second-order valence-electron chi connectivity index (χ2n) is 6.22. The first-order valence-corrected chi connectivity index (χ1v) is 8.47. The van der Waals surface area contributed by atoms with Gasteiger partial charge in [-0.25, -0.2) is 13.8 Å². The number of aliphatic hydroxyl groups is 1. The van der Waals surface area contributed by atoms with E-state index in [1.54, 1.807) is 18.6 Å². The van der Waals surface area contributed by atoms with E-state index >= 15 is 0 Å². The number of nitrogens with zero attached hydrogens (tertiary/aromatic N) is 3. The number of aromatic nitrogens is 2. The number of nitrogens with one attached hydrogen (secondary N) is 1. The molecule has 6 nitrogen and oxygen atoms in total. The Morgan fingerprint density at radius 1 is 1.27 bits per heavy atom. The highest BCUT2D eigenvalue weighted by molar-refractivity contribution is 5.79. The molecule has 0 saturated carbocycles. The van der Waals surface area contributed by atoms with Gasteiger partial charge in [-0.05, 0) is 25.0 Å². The van der Waals surface area contributed by atoms with Crippen LogP contribution in [0.2, 0.25) is 0 Å². The third-order valence-corrected chi connectivity index (χ3v) is 4.54. The molecular weight excluding hydrogens is 342 g/mol. The van der Waals surface area contributed by atoms with Crippen LogP contribution in [-0.2, 0) is 4.79 Å². The van der Waals surface area contributed by atoms with Gasteiger partial charge in [-0.1, -0.05) is 6.07 Å². The van der Waals surface area contributed by atoms with Gasteiger partial charge < -0.3 is 15.3 Å². The molecule has 0 aliphatic carbocycles. The Kier molecular flexibility index (Phi) is 5.72. The van der Waals surface area contributed by atoms with Crippen molar-refractivity contribution in [2.45, 2.75) is 18.9 Å². The lowest BCUT2D eigenvalue weighted by Gasteiger charge is -2.32. The molecule has 2 N–H and O–H groups in total. The third kappa shape index (κ3) is 4.13. The standard InChI is InChI=1S/C18H20F2N4O2/c19-13-2-1-3-14(20)17(13)15(25)10-23-18(26)12-4-8-24(9-5-12)16-11-21-6-7-22-16/h1-3,6-7,11-12,15,25H,4-5,8-10H2,(H,23,26)/t15-/m1/s1. The van der Waals surface area contributed by atoms with E-state index in [9.17, 15) is 18.7 Å². The third-order valence-electron chi connectivity index (χ3n) is 4.54. The van der Waals surface area contributed by atoms with Crippen molar-refractivity contribution in [3.05, 3.63) is 54.0 Å². The van der Waals surface area contributed by atoms with Crippen LogP contribution in [0.5, 0.6) is 0 Å². The number of rotatable bonds is 5. The minimum absolute atomic E-state index is 0.208. The monoisotopic (exact) mass is 362 g/mol. The summed E-state index contributed by atoms with van der Waals surface area (Å²) in [5, 5.41) is 12.6. The molecule has 0 spiro atoms. The minimum atomic E-state index is -1.43. The number of carbonyl (C=O) groups excluding carboxylic acids is 1. The first-order chi connectivity index (χ1) is 12.6. The fraction of sp³-hybridized carbons (Fsp3) is 0.389. The zero-order valence-electron chi connectivity index (χ0n) is 14.1. The van der Waals surface area contributed by atoms with E-state index in [1.807, 2.05) is 0 Å². The molecule has 138 valence electrons. The Bertz CT molecular complexity index is 732. The molecule has 1 fully saturated rings. The number of piperidine rings is 1. The van der Waals surface area contributed by atoms with Crippen molar-refractivity contribution < 1.29 is 18.7 Å². The Morgan fingerprint density at radius 3 is 2.58 bits per heavy atom. The topological polar surface area (TPSA) is 78.4 Å². The molecule has 1 aliphatic heterocycles. The maximum absolute atomic E-state index is 13.7. The summed E-state index contributed by atoms with van der Waals surface area (Å²) >= 11 is 0. The number of hydrogen-bond donors (Lipinski definition) is 2. The van der Waals surface area contributed by atoms with Gasteiger partial charge in [0.2, 0.25) is 5.91 Å². The summed E-state index contributed by atoms with van der Waals surface area (Å²) in [6, 6.07) is 3.38. The maximum atomic E-state index is 13.7. The summed E-state index contributed by atoms with van der Waals surface area (Å²) in [6.07, 6.45) is 4.74. The Labute approximate surface area is 149 Å². The second kappa shape index (κ2) is 8.18. The predicted octanol–water partition coefficient (Wildman–Crippen LogP) is 1.82. The average molecular weight is 362 g/mol. The first kappa shape index (κ1) is 18.2. The van der Waals surface area contributed by atoms with E-state index in [0.717, 1.165) is 18.0 Å². The number of anilines is 1. The summed E-state index contributed by atoms with van der Waals surface area (Å²) in [7, 11) is 0. The van der Waals surface area contributed by atoms with Crippen LogP contribution < -0.4 is 10.2 Å². The SMILES string of the molecule is O=C(NC[C@@H](O)c1c(F)cccc1F)C1CCN(c2cnccn2)CC1. The van der Waals surface area contributed by atoms with Crippen molar-refractivity contribution in [2.75, 3.05) is 24.5 Å². The molecular formula is C18H20F2N4O2. The van der Waals surface area contributed by atoms with E-state index < -0.39 is 23.3 Å². The van der Waals surface area contributed by atoms with E-state index in [-0.39, 0.29) is 18.4 Å². The minimum Gasteiger partial charge on any atom is -0.386 e. The van der Waals surface area contributed by atoms with Crippen molar-refractivity contribution in [2.24, 2.45) is 5.92 Å². The molecule has 0 bridgehead atoms. The smallest absolute Gasteiger partial charge is 0.223 e. The molecule has 0 radical (unpaired) electrons. The first-order valence-electron chi connectivity index (χ1n) is 8.47. The van der Waals surface area contributed by atoms with Gasteiger partial charge in [0, 0.05) is 37.9 Å². The number of hydrogen-bond acceptors (Lipinski definition) is 5. The summed E-state index contributed by atoms with van der Waals surface area (Å²) in [5.41, 5.74) is -0.426. The molecule has 2 aromatic rings. The fourth-order valence-corrected chi connectivity index (χ4v) is 3.10. The van der Waals surface area contributed by atoms with E-state index in [1.165, 1.54) is 6.07 Å². The van der Waals surface area contributed by atoms with Crippen LogP contribution in [0.1, 0.15) is 24.5 Å². The molecule has 1 aromatic heterocycles. The molecule has 1 aliphatic rings. The highest BCUT2D eigenvalue weighted by atomic mass is 19.1. The summed E-state index contributed by atoms with van der Waals surface area (Å²) in [6.45, 7) is 1.10. The van der Waals surface area contributed by atoms with Gasteiger partial charge in [0.15, 0.2) is 0 Å². The number of benzene rings is 1. The largest absolute Gasteiger partial charge is 0.386 e. The van der Waals surface area contributed by atoms with Gasteiger partial charge in [-0.2, -0.15) is 0 Å². The summed E-state index contributed by atoms with van der Waals surface area (Å²) < 4.78 is 27.3. The number of aliphatic hydroxyl groups excluding tert-OH is 1. The van der Waals surface area contributed by atoms with Gasteiger partial charge in [-0.3, -0.25) is 9.78 Å². The van der Waals surface area contributed by atoms with E-state index in [2.05, 4.69) is 20.2 Å². The quantitative estimate of drug-likeness (QED) is 0.848. The Hall–Kier alpha value is -2.61. The van der Waals surface area contributed by atoms with Crippen molar-refractivity contribution >= 4 is 11.7 Å². The number of carbonyl (C=O) groups is 1. The normalized spacial score (nSPS) is 16.3. The molecule has 2 heterocycles. The van der Waals surface area contributed by atoms with Crippen LogP contribution in [-0.4, -0.2) is 40.6 Å². The van der Waals surface area contributed by atoms with Crippen LogP contribution in [0, 0.1) is 17.6 Å². The van der Waals surface area contributed by atoms with Crippen LogP contribution >= 0.6 is 0 Å². The molecule has 1 aromatic carbocycles. The predicted molar refractivity (Wildman–Crippen MR) is 91.3 cm³/mol. The average Bonchev–Trinajstić information content (AvgIpc) is 2.67. The van der Waals surface area contributed by atoms with Crippen LogP contribution in [0.15, 0.2) is 36.8 Å². The number of halogens is 2. The van der Waals surface area contributed by atoms with Gasteiger partial charge in [-0.15, -0.1) is 0 Å². The highest BCUT2D eigenvalue weighted by Crippen LogP contribution is 2.23. The van der Waals surface area contributed by atoms with Gasteiger partial charge in [0.25, 0.3) is 0 Å². The Morgan fingerprint density at radius 2 is 1.96 bits per heavy atom. The maximum Gasteiger partial charge on any atom is 0.223 e. The lowest BCUT2D eigenvalue weighted by atomic mass is 9.95. The molecule has 8 heteroatoms. The van der Waals surface area contributed by atoms with Gasteiger partial charge in [0.1, 0.15) is 23.6 Å². The van der Waals surface area contributed by atoms with Crippen LogP contribution in [0.25, 0.3) is 0 Å². The van der Waals surface area contributed by atoms with Crippen molar-refractivity contribution in [1.29, 1.82) is 0 Å². The van der Waals surface area contributed by atoms with Gasteiger partial charge in [0.05, 0.1) is 11.8 Å². The van der Waals surface area contributed by atoms with Crippen LogP contribution in [0.3, 0.4) is 0 Å². The van der Waals surface area contributed by atoms with Crippen molar-refractivity contribution in [3.63, 3.8) is 0 Å². The van der Waals surface area contributed by atoms with Crippen molar-refractivity contribution in [1.82, 2.24) is 15.3 Å². The highest BCUT2D eigenvalue weighted by Gasteiger charge is 2.26. The zero-order valence-corrected chi connectivity index (χ0v) is 14.1. The fourth-order valence-electron chi connectivity index (χ4n) is 3.10. The Balaban J connectivity index is 1.50. The second-order valence-corrected chi connectivity index (χ2v) is 6.22. The lowest BCUT2D eigenvalue weighted by Crippen LogP contribution is -2.41. The molecule has 26 heavy (non-hydrogen) atoms. The zero-order chi connectivity index (χ0) is 18.5.